The first-order valence-corrected chi connectivity index (χ1v) is 8.23. The Bertz CT molecular complexity index is 793. The zero-order valence-electron chi connectivity index (χ0n) is 15.0. The summed E-state index contributed by atoms with van der Waals surface area (Å²) in [7, 11) is 0. The van der Waals surface area contributed by atoms with Crippen LogP contribution in [0.4, 0.5) is 10.2 Å². The topological polar surface area (TPSA) is 80.3 Å². The Kier molecular flexibility index (Phi) is 6.66. The van der Waals surface area contributed by atoms with Gasteiger partial charge in [-0.2, -0.15) is 0 Å². The number of hydrogen-bond acceptors (Lipinski definition) is 4. The summed E-state index contributed by atoms with van der Waals surface area (Å²) in [6.45, 7) is 5.02. The molecule has 1 atom stereocenters. The Hall–Kier alpha value is -2.96. The molecule has 0 bridgehead atoms. The van der Waals surface area contributed by atoms with E-state index in [-0.39, 0.29) is 18.4 Å². The fourth-order valence-corrected chi connectivity index (χ4v) is 2.29. The zero-order valence-corrected chi connectivity index (χ0v) is 15.0. The molecule has 2 amide bonds. The van der Waals surface area contributed by atoms with Gasteiger partial charge in [0.15, 0.2) is 0 Å². The van der Waals surface area contributed by atoms with E-state index in [4.69, 9.17) is 4.74 Å². The zero-order chi connectivity index (χ0) is 19.1. The molecule has 1 aromatic carbocycles. The van der Waals surface area contributed by atoms with Crippen molar-refractivity contribution < 1.29 is 18.7 Å². The molecule has 0 spiro atoms. The van der Waals surface area contributed by atoms with Crippen LogP contribution in [0.25, 0.3) is 0 Å². The maximum absolute atomic E-state index is 12.9. The van der Waals surface area contributed by atoms with E-state index in [1.807, 2.05) is 19.1 Å². The minimum Gasteiger partial charge on any atom is -0.490 e. The molecule has 0 saturated carbocycles. The average Bonchev–Trinajstić information content (AvgIpc) is 2.58. The third-order valence-corrected chi connectivity index (χ3v) is 3.49. The lowest BCUT2D eigenvalue weighted by Crippen LogP contribution is -2.23. The number of nitrogens with one attached hydrogen (secondary N) is 2. The Balaban J connectivity index is 1.97. The van der Waals surface area contributed by atoms with Crippen LogP contribution in [0.1, 0.15) is 35.3 Å². The molecule has 2 aromatic rings. The van der Waals surface area contributed by atoms with Crippen molar-refractivity contribution in [2.75, 3.05) is 11.9 Å². The van der Waals surface area contributed by atoms with E-state index in [9.17, 15) is 14.0 Å². The van der Waals surface area contributed by atoms with E-state index < -0.39 is 6.17 Å². The number of benzene rings is 1. The van der Waals surface area contributed by atoms with E-state index >= 15 is 0 Å². The molecule has 0 aliphatic heterocycles. The smallest absolute Gasteiger partial charge is 0.251 e. The van der Waals surface area contributed by atoms with E-state index in [1.54, 1.807) is 12.1 Å². The van der Waals surface area contributed by atoms with Crippen molar-refractivity contribution in [1.82, 2.24) is 10.3 Å². The first kappa shape index (κ1) is 19.4. The molecule has 0 fully saturated rings. The molecule has 7 heteroatoms. The van der Waals surface area contributed by atoms with Gasteiger partial charge in [-0.1, -0.05) is 12.1 Å². The fourth-order valence-electron chi connectivity index (χ4n) is 2.29. The molecule has 0 aliphatic rings. The fraction of sp³-hybridized carbons (Fsp3) is 0.316. The third-order valence-electron chi connectivity index (χ3n) is 3.49. The van der Waals surface area contributed by atoms with Gasteiger partial charge in [-0.05, 0) is 43.2 Å². The highest BCUT2D eigenvalue weighted by molar-refractivity contribution is 5.96. The van der Waals surface area contributed by atoms with Crippen LogP contribution in [-0.2, 0) is 11.3 Å². The number of nitrogens with zero attached hydrogens (tertiary/aromatic N) is 1. The third kappa shape index (κ3) is 5.84. The number of carbonyl (C=O) groups is 2. The van der Waals surface area contributed by atoms with Crippen LogP contribution >= 0.6 is 0 Å². The normalized spacial score (nSPS) is 11.5. The number of rotatable bonds is 7. The van der Waals surface area contributed by atoms with Gasteiger partial charge in [0, 0.05) is 25.2 Å². The molecule has 138 valence electrons. The first-order valence-electron chi connectivity index (χ1n) is 8.23. The number of hydrogen-bond donors (Lipinski definition) is 2. The number of aryl methyl sites for hydroxylation is 1. The van der Waals surface area contributed by atoms with Crippen molar-refractivity contribution >= 4 is 17.6 Å². The van der Waals surface area contributed by atoms with Gasteiger partial charge in [0.05, 0.1) is 0 Å². The highest BCUT2D eigenvalue weighted by Gasteiger charge is 2.09. The molecule has 26 heavy (non-hydrogen) atoms. The molecular weight excluding hydrogens is 337 g/mol. The number of carbonyl (C=O) groups excluding carboxylic acids is 2. The molecule has 0 saturated heterocycles. The van der Waals surface area contributed by atoms with Gasteiger partial charge < -0.3 is 15.4 Å². The van der Waals surface area contributed by atoms with Crippen molar-refractivity contribution in [1.29, 1.82) is 0 Å². The first-order chi connectivity index (χ1) is 12.3. The minimum absolute atomic E-state index is 0.00952. The van der Waals surface area contributed by atoms with Gasteiger partial charge in [0.1, 0.15) is 24.3 Å². The van der Waals surface area contributed by atoms with Crippen LogP contribution < -0.4 is 15.4 Å². The molecule has 6 nitrogen and oxygen atoms in total. The van der Waals surface area contributed by atoms with E-state index in [1.165, 1.54) is 26.1 Å². The van der Waals surface area contributed by atoms with Crippen LogP contribution in [0.15, 0.2) is 36.5 Å². The molecule has 1 heterocycles. The number of pyridine rings is 1. The second-order valence-electron chi connectivity index (χ2n) is 5.99. The number of aromatic nitrogens is 1. The summed E-state index contributed by atoms with van der Waals surface area (Å²) in [6, 6.07) is 8.55. The Morgan fingerprint density at radius 1 is 1.27 bits per heavy atom. The summed E-state index contributed by atoms with van der Waals surface area (Å²) in [6.07, 6.45) is 0.429. The number of ether oxygens (including phenoxy) is 1. The average molecular weight is 359 g/mol. The van der Waals surface area contributed by atoms with Gasteiger partial charge in [-0.25, -0.2) is 9.37 Å². The van der Waals surface area contributed by atoms with Crippen molar-refractivity contribution in [2.24, 2.45) is 0 Å². The predicted molar refractivity (Wildman–Crippen MR) is 97.0 cm³/mol. The second kappa shape index (κ2) is 8.94. The molecule has 2 rings (SSSR count). The monoisotopic (exact) mass is 359 g/mol. The second-order valence-corrected chi connectivity index (χ2v) is 5.99. The molecule has 1 aromatic heterocycles. The van der Waals surface area contributed by atoms with Crippen LogP contribution in [-0.4, -0.2) is 29.6 Å². The Morgan fingerprint density at radius 3 is 2.69 bits per heavy atom. The van der Waals surface area contributed by atoms with E-state index in [0.29, 0.717) is 23.7 Å². The lowest BCUT2D eigenvalue weighted by atomic mass is 10.1. The number of alkyl halides is 1. The standard InChI is InChI=1S/C19H22FN3O3/c1-12-8-15(4-5-17(12)26-11-13(2)20)10-22-19(25)16-6-7-21-18(9-16)23-14(3)24/h4-9,13H,10-11H2,1-3H3,(H,22,25)(H,21,23,24)/t13-/m1/s1. The van der Waals surface area contributed by atoms with Crippen LogP contribution in [0.3, 0.4) is 0 Å². The Labute approximate surface area is 151 Å². The lowest BCUT2D eigenvalue weighted by molar-refractivity contribution is -0.114. The van der Waals surface area contributed by atoms with Crippen LogP contribution in [0, 0.1) is 6.92 Å². The summed E-state index contributed by atoms with van der Waals surface area (Å²) in [5.74, 6) is 0.418. The van der Waals surface area contributed by atoms with Gasteiger partial charge >= 0.3 is 0 Å². The molecule has 0 unspecified atom stereocenters. The maximum atomic E-state index is 12.9. The van der Waals surface area contributed by atoms with Gasteiger partial charge in [-0.3, -0.25) is 9.59 Å². The highest BCUT2D eigenvalue weighted by atomic mass is 19.1. The Morgan fingerprint density at radius 2 is 2.04 bits per heavy atom. The number of amides is 2. The molecular formula is C19H22FN3O3. The van der Waals surface area contributed by atoms with Crippen molar-refractivity contribution in [3.05, 3.63) is 53.2 Å². The quantitative estimate of drug-likeness (QED) is 0.796. The SMILES string of the molecule is CC(=O)Nc1cc(C(=O)NCc2ccc(OC[C@@H](C)F)c(C)c2)ccn1. The van der Waals surface area contributed by atoms with Gasteiger partial charge in [-0.15, -0.1) is 0 Å². The molecule has 2 N–H and O–H groups in total. The predicted octanol–water partition coefficient (Wildman–Crippen LogP) is 3.02. The highest BCUT2D eigenvalue weighted by Crippen LogP contribution is 2.19. The van der Waals surface area contributed by atoms with Crippen molar-refractivity contribution in [3.63, 3.8) is 0 Å². The minimum atomic E-state index is -1.03. The summed E-state index contributed by atoms with van der Waals surface area (Å²) >= 11 is 0. The molecule has 0 radical (unpaired) electrons. The molecule has 0 aliphatic carbocycles. The summed E-state index contributed by atoms with van der Waals surface area (Å²) in [5, 5.41) is 5.35. The van der Waals surface area contributed by atoms with Gasteiger partial charge in [0.25, 0.3) is 5.91 Å². The van der Waals surface area contributed by atoms with E-state index in [0.717, 1.165) is 11.1 Å². The number of halogens is 1. The summed E-state index contributed by atoms with van der Waals surface area (Å²) in [4.78, 5) is 27.3. The summed E-state index contributed by atoms with van der Waals surface area (Å²) in [5.41, 5.74) is 2.17. The van der Waals surface area contributed by atoms with Crippen molar-refractivity contribution in [2.45, 2.75) is 33.5 Å². The van der Waals surface area contributed by atoms with E-state index in [2.05, 4.69) is 15.6 Å². The van der Waals surface area contributed by atoms with Crippen LogP contribution in [0.2, 0.25) is 0 Å². The maximum Gasteiger partial charge on any atom is 0.251 e. The lowest BCUT2D eigenvalue weighted by Gasteiger charge is -2.12. The summed E-state index contributed by atoms with van der Waals surface area (Å²) < 4.78 is 18.3. The largest absolute Gasteiger partial charge is 0.490 e. The van der Waals surface area contributed by atoms with Crippen molar-refractivity contribution in [3.8, 4) is 5.75 Å². The van der Waals surface area contributed by atoms with Gasteiger partial charge in [0.2, 0.25) is 5.91 Å². The number of anilines is 1. The van der Waals surface area contributed by atoms with Crippen LogP contribution in [0.5, 0.6) is 5.75 Å².